The lowest BCUT2D eigenvalue weighted by Crippen LogP contribution is -2.29. The van der Waals surface area contributed by atoms with Crippen LogP contribution in [0.4, 0.5) is 17.3 Å². The Labute approximate surface area is 140 Å². The van der Waals surface area contributed by atoms with E-state index in [9.17, 15) is 8.42 Å². The molecule has 0 saturated carbocycles. The fourth-order valence-electron chi connectivity index (χ4n) is 1.88. The van der Waals surface area contributed by atoms with E-state index in [4.69, 9.17) is 11.6 Å². The third kappa shape index (κ3) is 4.31. The van der Waals surface area contributed by atoms with Gasteiger partial charge in [0.2, 0.25) is 0 Å². The monoisotopic (exact) mass is 355 g/mol. The lowest BCUT2D eigenvalue weighted by atomic mass is 10.1. The molecule has 0 saturated heterocycles. The Bertz CT molecular complexity index is 783. The average Bonchev–Trinajstić information content (AvgIpc) is 2.44. The molecular weight excluding hydrogens is 338 g/mol. The third-order valence-electron chi connectivity index (χ3n) is 3.06. The van der Waals surface area contributed by atoms with Crippen LogP contribution < -0.4 is 10.0 Å². The number of anilines is 3. The van der Waals surface area contributed by atoms with Gasteiger partial charge in [0.05, 0.1) is 10.7 Å². The Morgan fingerprint density at radius 3 is 2.22 bits per heavy atom. The maximum Gasteiger partial charge on any atom is 0.302 e. The molecule has 0 aliphatic heterocycles. The molecule has 2 N–H and O–H groups in total. The normalized spacial score (nSPS) is 11.6. The van der Waals surface area contributed by atoms with E-state index in [2.05, 4.69) is 20.2 Å². The lowest BCUT2D eigenvalue weighted by Gasteiger charge is -2.13. The number of hydrogen-bond acceptors (Lipinski definition) is 5. The highest BCUT2D eigenvalue weighted by Crippen LogP contribution is 2.29. The zero-order chi connectivity index (χ0) is 17.2. The third-order valence-corrected chi connectivity index (χ3v) is 4.79. The molecule has 0 bridgehead atoms. The molecular formula is C14H18ClN5O2S. The first-order valence-electron chi connectivity index (χ1n) is 6.77. The summed E-state index contributed by atoms with van der Waals surface area (Å²) in [4.78, 5) is 0. The minimum Gasteiger partial charge on any atom is -0.337 e. The second kappa shape index (κ2) is 6.69. The lowest BCUT2D eigenvalue weighted by molar-refractivity contribution is 0.526. The van der Waals surface area contributed by atoms with Crippen LogP contribution in [0.15, 0.2) is 24.3 Å². The number of benzene rings is 1. The molecule has 2 aromatic rings. The molecule has 9 heteroatoms. The van der Waals surface area contributed by atoms with Crippen molar-refractivity contribution in [1.82, 2.24) is 14.5 Å². The second-order valence-corrected chi connectivity index (χ2v) is 7.55. The van der Waals surface area contributed by atoms with Crippen LogP contribution in [0, 0.1) is 13.8 Å². The fourth-order valence-corrected chi connectivity index (χ4v) is 2.80. The molecule has 1 aromatic heterocycles. The van der Waals surface area contributed by atoms with Gasteiger partial charge in [-0.3, -0.25) is 4.72 Å². The molecule has 124 valence electrons. The van der Waals surface area contributed by atoms with Gasteiger partial charge in [-0.25, -0.2) is 0 Å². The van der Waals surface area contributed by atoms with Crippen LogP contribution in [-0.4, -0.2) is 37.0 Å². The van der Waals surface area contributed by atoms with Crippen LogP contribution >= 0.6 is 11.6 Å². The second-order valence-electron chi connectivity index (χ2n) is 5.26. The van der Waals surface area contributed by atoms with Crippen LogP contribution in [0.2, 0.25) is 5.02 Å². The quantitative estimate of drug-likeness (QED) is 0.861. The summed E-state index contributed by atoms with van der Waals surface area (Å²) < 4.78 is 26.8. The van der Waals surface area contributed by atoms with E-state index in [0.717, 1.165) is 21.1 Å². The predicted octanol–water partition coefficient (Wildman–Crippen LogP) is 2.71. The molecule has 2 rings (SSSR count). The molecule has 0 atom stereocenters. The van der Waals surface area contributed by atoms with Crippen molar-refractivity contribution in [3.8, 4) is 0 Å². The van der Waals surface area contributed by atoms with E-state index >= 15 is 0 Å². The number of halogens is 1. The van der Waals surface area contributed by atoms with Gasteiger partial charge in [0.15, 0.2) is 11.6 Å². The first-order valence-corrected chi connectivity index (χ1v) is 8.58. The van der Waals surface area contributed by atoms with Crippen molar-refractivity contribution in [3.05, 3.63) is 40.4 Å². The first-order chi connectivity index (χ1) is 10.7. The SMILES string of the molecule is Cc1cc(C)c(Nc2ccc(NS(=O)(=O)N(C)C)nn2)c(Cl)c1. The zero-order valence-corrected chi connectivity index (χ0v) is 14.8. The molecule has 0 aliphatic carbocycles. The van der Waals surface area contributed by atoms with Gasteiger partial charge in [0.25, 0.3) is 0 Å². The van der Waals surface area contributed by atoms with Gasteiger partial charge in [-0.15, -0.1) is 10.2 Å². The Morgan fingerprint density at radius 2 is 1.70 bits per heavy atom. The van der Waals surface area contributed by atoms with Crippen molar-refractivity contribution in [2.75, 3.05) is 24.1 Å². The van der Waals surface area contributed by atoms with Crippen molar-refractivity contribution in [2.45, 2.75) is 13.8 Å². The van der Waals surface area contributed by atoms with Gasteiger partial charge in [-0.05, 0) is 43.2 Å². The van der Waals surface area contributed by atoms with Gasteiger partial charge < -0.3 is 5.32 Å². The molecule has 1 aromatic carbocycles. The molecule has 0 aliphatic rings. The molecule has 0 unspecified atom stereocenters. The van der Waals surface area contributed by atoms with Crippen molar-refractivity contribution in [2.24, 2.45) is 0 Å². The van der Waals surface area contributed by atoms with E-state index in [-0.39, 0.29) is 5.82 Å². The summed E-state index contributed by atoms with van der Waals surface area (Å²) in [5.41, 5.74) is 2.79. The van der Waals surface area contributed by atoms with Crippen LogP contribution in [-0.2, 0) is 10.2 Å². The number of nitrogens with zero attached hydrogens (tertiary/aromatic N) is 3. The van der Waals surface area contributed by atoms with E-state index in [1.165, 1.54) is 20.2 Å². The van der Waals surface area contributed by atoms with Crippen molar-refractivity contribution in [3.63, 3.8) is 0 Å². The fraction of sp³-hybridized carbons (Fsp3) is 0.286. The molecule has 23 heavy (non-hydrogen) atoms. The number of nitrogens with one attached hydrogen (secondary N) is 2. The zero-order valence-electron chi connectivity index (χ0n) is 13.3. The molecule has 0 radical (unpaired) electrons. The Kier molecular flexibility index (Phi) is 5.08. The van der Waals surface area contributed by atoms with Crippen LogP contribution in [0.25, 0.3) is 0 Å². The summed E-state index contributed by atoms with van der Waals surface area (Å²) in [5.74, 6) is 0.600. The highest BCUT2D eigenvalue weighted by Gasteiger charge is 2.14. The summed E-state index contributed by atoms with van der Waals surface area (Å²) in [6.45, 7) is 3.91. The van der Waals surface area contributed by atoms with Crippen LogP contribution in [0.5, 0.6) is 0 Å². The van der Waals surface area contributed by atoms with E-state index < -0.39 is 10.2 Å². The molecule has 7 nitrogen and oxygen atoms in total. The van der Waals surface area contributed by atoms with E-state index in [1.54, 1.807) is 6.07 Å². The molecule has 0 fully saturated rings. The van der Waals surface area contributed by atoms with Crippen LogP contribution in [0.1, 0.15) is 11.1 Å². The van der Waals surface area contributed by atoms with Gasteiger partial charge in [-0.2, -0.15) is 12.7 Å². The molecule has 1 heterocycles. The molecule has 0 spiro atoms. The number of hydrogen-bond donors (Lipinski definition) is 2. The topological polar surface area (TPSA) is 87.2 Å². The number of aromatic nitrogens is 2. The van der Waals surface area contributed by atoms with E-state index in [1.807, 2.05) is 26.0 Å². The maximum atomic E-state index is 11.7. The Hall–Kier alpha value is -1.90. The number of aryl methyl sites for hydroxylation is 2. The largest absolute Gasteiger partial charge is 0.337 e. The Balaban J connectivity index is 2.18. The van der Waals surface area contributed by atoms with Crippen molar-refractivity contribution < 1.29 is 8.42 Å². The van der Waals surface area contributed by atoms with Gasteiger partial charge >= 0.3 is 10.2 Å². The summed E-state index contributed by atoms with van der Waals surface area (Å²) in [5, 5.41) is 11.5. The summed E-state index contributed by atoms with van der Waals surface area (Å²) in [6.07, 6.45) is 0. The smallest absolute Gasteiger partial charge is 0.302 e. The number of rotatable bonds is 5. The summed E-state index contributed by atoms with van der Waals surface area (Å²) in [7, 11) is -0.753. The molecule has 0 amide bonds. The maximum absolute atomic E-state index is 11.7. The van der Waals surface area contributed by atoms with Crippen molar-refractivity contribution >= 4 is 39.1 Å². The first kappa shape index (κ1) is 17.5. The standard InChI is InChI=1S/C14H18ClN5O2S/c1-9-7-10(2)14(11(15)8-9)16-12-5-6-13(18-17-12)19-23(21,22)20(3)4/h5-8H,1-4H3,(H,16,17)(H,18,19). The minimum absolute atomic E-state index is 0.135. The summed E-state index contributed by atoms with van der Waals surface area (Å²) >= 11 is 6.23. The highest BCUT2D eigenvalue weighted by molar-refractivity contribution is 7.90. The highest BCUT2D eigenvalue weighted by atomic mass is 35.5. The Morgan fingerprint density at radius 1 is 1.09 bits per heavy atom. The predicted molar refractivity (Wildman–Crippen MR) is 92.5 cm³/mol. The van der Waals surface area contributed by atoms with E-state index in [0.29, 0.717) is 10.8 Å². The van der Waals surface area contributed by atoms with Crippen molar-refractivity contribution in [1.29, 1.82) is 0 Å². The minimum atomic E-state index is -3.60. The summed E-state index contributed by atoms with van der Waals surface area (Å²) in [6, 6.07) is 7.00. The average molecular weight is 356 g/mol. The van der Waals surface area contributed by atoms with Gasteiger partial charge in [0, 0.05) is 14.1 Å². The van der Waals surface area contributed by atoms with Gasteiger partial charge in [0.1, 0.15) is 0 Å². The van der Waals surface area contributed by atoms with Gasteiger partial charge in [-0.1, -0.05) is 17.7 Å². The van der Waals surface area contributed by atoms with Crippen LogP contribution in [0.3, 0.4) is 0 Å².